The van der Waals surface area contributed by atoms with E-state index in [9.17, 15) is 4.79 Å². The summed E-state index contributed by atoms with van der Waals surface area (Å²) in [4.78, 5) is 23.0. The van der Waals surface area contributed by atoms with Crippen molar-refractivity contribution < 1.29 is 4.79 Å². The second kappa shape index (κ2) is 9.74. The van der Waals surface area contributed by atoms with Gasteiger partial charge in [-0.05, 0) is 52.0 Å². The molecule has 6 nitrogen and oxygen atoms in total. The third-order valence-electron chi connectivity index (χ3n) is 3.69. The zero-order valence-corrected chi connectivity index (χ0v) is 15.2. The van der Waals surface area contributed by atoms with Crippen LogP contribution in [0.15, 0.2) is 36.4 Å². The van der Waals surface area contributed by atoms with Crippen LogP contribution in [-0.2, 0) is 6.42 Å². The van der Waals surface area contributed by atoms with Gasteiger partial charge in [0, 0.05) is 18.8 Å². The van der Waals surface area contributed by atoms with Crippen LogP contribution in [0.2, 0.25) is 0 Å². The van der Waals surface area contributed by atoms with Crippen molar-refractivity contribution in [2.45, 2.75) is 19.8 Å². The first kappa shape index (κ1) is 18.9. The molecule has 0 saturated carbocycles. The Morgan fingerprint density at radius 3 is 2.60 bits per heavy atom. The van der Waals surface area contributed by atoms with E-state index in [0.29, 0.717) is 18.2 Å². The Labute approximate surface area is 149 Å². The average Bonchev–Trinajstić information content (AvgIpc) is 2.59. The molecule has 134 valence electrons. The first-order chi connectivity index (χ1) is 12.0. The number of carbonyl (C=O) groups excluding carboxylic acids is 1. The highest BCUT2D eigenvalue weighted by molar-refractivity contribution is 5.92. The Balaban J connectivity index is 1.87. The van der Waals surface area contributed by atoms with Gasteiger partial charge in [-0.15, -0.1) is 0 Å². The molecular weight excluding hydrogens is 314 g/mol. The molecule has 0 atom stereocenters. The maximum atomic E-state index is 12.2. The molecule has 1 heterocycles. The number of amides is 1. The van der Waals surface area contributed by atoms with Gasteiger partial charge in [0.2, 0.25) is 5.95 Å². The maximum Gasteiger partial charge on any atom is 0.270 e. The summed E-state index contributed by atoms with van der Waals surface area (Å²) < 4.78 is 0. The highest BCUT2D eigenvalue weighted by atomic mass is 16.1. The second-order valence-corrected chi connectivity index (χ2v) is 6.29. The number of hydrogen-bond acceptors (Lipinski definition) is 5. The Hall–Kier alpha value is -2.47. The van der Waals surface area contributed by atoms with Crippen LogP contribution in [0.25, 0.3) is 0 Å². The van der Waals surface area contributed by atoms with Gasteiger partial charge in [-0.3, -0.25) is 4.79 Å². The number of hydrogen-bond donors (Lipinski definition) is 2. The van der Waals surface area contributed by atoms with Crippen LogP contribution in [0, 0.1) is 6.92 Å². The minimum Gasteiger partial charge on any atom is -0.354 e. The summed E-state index contributed by atoms with van der Waals surface area (Å²) in [5.41, 5.74) is 2.43. The van der Waals surface area contributed by atoms with Crippen molar-refractivity contribution in [3.63, 3.8) is 0 Å². The van der Waals surface area contributed by atoms with Crippen LogP contribution in [0.4, 0.5) is 5.95 Å². The van der Waals surface area contributed by atoms with Gasteiger partial charge in [-0.2, -0.15) is 0 Å². The molecule has 1 amide bonds. The van der Waals surface area contributed by atoms with Gasteiger partial charge >= 0.3 is 0 Å². The summed E-state index contributed by atoms with van der Waals surface area (Å²) in [7, 11) is 4.03. The van der Waals surface area contributed by atoms with Gasteiger partial charge in [0.25, 0.3) is 5.91 Å². The van der Waals surface area contributed by atoms with Crippen LogP contribution in [0.1, 0.15) is 28.2 Å². The fourth-order valence-corrected chi connectivity index (χ4v) is 2.42. The Morgan fingerprint density at radius 1 is 1.12 bits per heavy atom. The van der Waals surface area contributed by atoms with E-state index >= 15 is 0 Å². The van der Waals surface area contributed by atoms with Crippen LogP contribution < -0.4 is 10.6 Å². The molecule has 0 aliphatic carbocycles. The lowest BCUT2D eigenvalue weighted by Crippen LogP contribution is -2.28. The van der Waals surface area contributed by atoms with E-state index in [-0.39, 0.29) is 5.91 Å². The molecule has 1 aromatic heterocycles. The second-order valence-electron chi connectivity index (χ2n) is 6.29. The minimum atomic E-state index is -0.157. The molecule has 2 aromatic rings. The quantitative estimate of drug-likeness (QED) is 0.684. The first-order valence-electron chi connectivity index (χ1n) is 8.61. The average molecular weight is 341 g/mol. The molecular formula is C19H27N5O. The molecule has 2 rings (SSSR count). The summed E-state index contributed by atoms with van der Waals surface area (Å²) in [5.74, 6) is 0.338. The largest absolute Gasteiger partial charge is 0.354 e. The monoisotopic (exact) mass is 341 g/mol. The van der Waals surface area contributed by atoms with E-state index in [1.807, 2.05) is 39.2 Å². The molecule has 1 aromatic carbocycles. The van der Waals surface area contributed by atoms with E-state index < -0.39 is 0 Å². The van der Waals surface area contributed by atoms with Crippen molar-refractivity contribution in [3.05, 3.63) is 53.3 Å². The highest BCUT2D eigenvalue weighted by Gasteiger charge is 2.10. The number of benzene rings is 1. The van der Waals surface area contributed by atoms with Crippen LogP contribution in [0.3, 0.4) is 0 Å². The van der Waals surface area contributed by atoms with Gasteiger partial charge < -0.3 is 15.5 Å². The van der Waals surface area contributed by atoms with E-state index in [2.05, 4.69) is 37.6 Å². The van der Waals surface area contributed by atoms with Crippen molar-refractivity contribution in [2.24, 2.45) is 0 Å². The molecule has 0 radical (unpaired) electrons. The predicted octanol–water partition coefficient (Wildman–Crippen LogP) is 2.12. The number of carbonyl (C=O) groups is 1. The van der Waals surface area contributed by atoms with Gasteiger partial charge in [0.15, 0.2) is 0 Å². The molecule has 0 spiro atoms. The van der Waals surface area contributed by atoms with E-state index in [1.54, 1.807) is 6.07 Å². The van der Waals surface area contributed by atoms with E-state index in [4.69, 9.17) is 0 Å². The molecule has 6 heteroatoms. The Morgan fingerprint density at radius 2 is 1.88 bits per heavy atom. The topological polar surface area (TPSA) is 70.2 Å². The lowest BCUT2D eigenvalue weighted by Gasteiger charge is -2.11. The van der Waals surface area contributed by atoms with Crippen LogP contribution >= 0.6 is 0 Å². The lowest BCUT2D eigenvalue weighted by molar-refractivity contribution is 0.0947. The first-order valence-corrected chi connectivity index (χ1v) is 8.61. The number of nitrogens with zero attached hydrogens (tertiary/aromatic N) is 3. The summed E-state index contributed by atoms with van der Waals surface area (Å²) in [6.45, 7) is 4.16. The molecule has 0 saturated heterocycles. The van der Waals surface area contributed by atoms with Crippen molar-refractivity contribution >= 4 is 11.9 Å². The highest BCUT2D eigenvalue weighted by Crippen LogP contribution is 2.06. The normalized spacial score (nSPS) is 10.7. The Bertz CT molecular complexity index is 673. The van der Waals surface area contributed by atoms with Crippen LogP contribution in [-0.4, -0.2) is 54.5 Å². The number of rotatable bonds is 9. The third-order valence-corrected chi connectivity index (χ3v) is 3.69. The summed E-state index contributed by atoms with van der Waals surface area (Å²) in [6.07, 6.45) is 1.79. The summed E-state index contributed by atoms with van der Waals surface area (Å²) in [6, 6.07) is 11.9. The standard InChI is InChI=1S/C19H27N5O/c1-15-14-17(18(25)20-11-7-13-24(2)3)23-19(22-15)21-12-10-16-8-5-4-6-9-16/h4-6,8-9,14H,7,10-13H2,1-3H3,(H,20,25)(H,21,22,23). The van der Waals surface area contributed by atoms with Gasteiger partial charge in [0.1, 0.15) is 5.69 Å². The zero-order chi connectivity index (χ0) is 18.1. The molecule has 0 fully saturated rings. The summed E-state index contributed by atoms with van der Waals surface area (Å²) in [5, 5.41) is 6.11. The Kier molecular flexibility index (Phi) is 7.35. The van der Waals surface area contributed by atoms with Gasteiger partial charge in [-0.25, -0.2) is 9.97 Å². The molecule has 0 aliphatic rings. The predicted molar refractivity (Wildman–Crippen MR) is 101 cm³/mol. The smallest absolute Gasteiger partial charge is 0.270 e. The lowest BCUT2D eigenvalue weighted by atomic mass is 10.1. The van der Waals surface area contributed by atoms with Gasteiger partial charge in [0.05, 0.1) is 0 Å². The number of aryl methyl sites for hydroxylation is 1. The maximum absolute atomic E-state index is 12.2. The fraction of sp³-hybridized carbons (Fsp3) is 0.421. The minimum absolute atomic E-state index is 0.157. The molecule has 0 bridgehead atoms. The SMILES string of the molecule is Cc1cc(C(=O)NCCCN(C)C)nc(NCCc2ccccc2)n1. The molecule has 0 unspecified atom stereocenters. The van der Waals surface area contributed by atoms with Crippen molar-refractivity contribution in [1.82, 2.24) is 20.2 Å². The zero-order valence-electron chi connectivity index (χ0n) is 15.2. The number of anilines is 1. The molecule has 2 N–H and O–H groups in total. The molecule has 0 aliphatic heterocycles. The number of aromatic nitrogens is 2. The number of nitrogens with one attached hydrogen (secondary N) is 2. The fourth-order valence-electron chi connectivity index (χ4n) is 2.42. The van der Waals surface area contributed by atoms with Crippen molar-refractivity contribution in [2.75, 3.05) is 39.0 Å². The third kappa shape index (κ3) is 6.89. The van der Waals surface area contributed by atoms with Crippen molar-refractivity contribution in [1.29, 1.82) is 0 Å². The van der Waals surface area contributed by atoms with Gasteiger partial charge in [-0.1, -0.05) is 30.3 Å². The van der Waals surface area contributed by atoms with Crippen LogP contribution in [0.5, 0.6) is 0 Å². The van der Waals surface area contributed by atoms with E-state index in [1.165, 1.54) is 5.56 Å². The van der Waals surface area contributed by atoms with Crippen molar-refractivity contribution in [3.8, 4) is 0 Å². The molecule has 25 heavy (non-hydrogen) atoms. The van der Waals surface area contributed by atoms with E-state index in [0.717, 1.165) is 31.6 Å². The summed E-state index contributed by atoms with van der Waals surface area (Å²) >= 11 is 0.